The SMILES string of the molecule is O=C(NC1CCN(C(=O)c2ccccc2O)CC1)c1ccc(Cl)cc1Cl. The van der Waals surface area contributed by atoms with Gasteiger partial charge in [0.1, 0.15) is 5.75 Å². The first kappa shape index (κ1) is 18.5. The van der Waals surface area contributed by atoms with Crippen LogP contribution < -0.4 is 5.32 Å². The van der Waals surface area contributed by atoms with Gasteiger partial charge in [0, 0.05) is 24.2 Å². The Morgan fingerprint density at radius 1 is 1.04 bits per heavy atom. The number of hydrogen-bond acceptors (Lipinski definition) is 3. The Morgan fingerprint density at radius 2 is 1.73 bits per heavy atom. The molecular weight excluding hydrogens is 375 g/mol. The lowest BCUT2D eigenvalue weighted by Crippen LogP contribution is -2.46. The number of rotatable bonds is 3. The quantitative estimate of drug-likeness (QED) is 0.835. The van der Waals surface area contributed by atoms with Crippen molar-refractivity contribution in [2.24, 2.45) is 0 Å². The lowest BCUT2D eigenvalue weighted by atomic mass is 10.0. The lowest BCUT2D eigenvalue weighted by Gasteiger charge is -2.32. The van der Waals surface area contributed by atoms with E-state index in [9.17, 15) is 14.7 Å². The van der Waals surface area contributed by atoms with Crippen LogP contribution >= 0.6 is 23.2 Å². The Labute approximate surface area is 161 Å². The summed E-state index contributed by atoms with van der Waals surface area (Å²) in [5.74, 6) is -0.476. The van der Waals surface area contributed by atoms with Crippen LogP contribution in [0, 0.1) is 0 Å². The molecule has 0 bridgehead atoms. The summed E-state index contributed by atoms with van der Waals surface area (Å²) in [5.41, 5.74) is 0.673. The second kappa shape index (κ2) is 7.98. The number of piperidine rings is 1. The third-order valence-corrected chi connectivity index (χ3v) is 4.98. The van der Waals surface area contributed by atoms with Crippen LogP contribution in [0.3, 0.4) is 0 Å². The zero-order chi connectivity index (χ0) is 18.7. The average molecular weight is 393 g/mol. The number of para-hydroxylation sites is 1. The number of nitrogens with zero attached hydrogens (tertiary/aromatic N) is 1. The summed E-state index contributed by atoms with van der Waals surface area (Å²) >= 11 is 11.9. The van der Waals surface area contributed by atoms with Crippen molar-refractivity contribution in [3.63, 3.8) is 0 Å². The van der Waals surface area contributed by atoms with Gasteiger partial charge in [-0.3, -0.25) is 9.59 Å². The van der Waals surface area contributed by atoms with Gasteiger partial charge in [-0.05, 0) is 43.2 Å². The van der Waals surface area contributed by atoms with Gasteiger partial charge in [-0.1, -0.05) is 35.3 Å². The fraction of sp³-hybridized carbons (Fsp3) is 0.263. The van der Waals surface area contributed by atoms with Gasteiger partial charge in [-0.2, -0.15) is 0 Å². The van der Waals surface area contributed by atoms with Crippen molar-refractivity contribution in [3.8, 4) is 5.75 Å². The van der Waals surface area contributed by atoms with Crippen molar-refractivity contribution in [3.05, 3.63) is 63.6 Å². The molecule has 0 aliphatic carbocycles. The highest BCUT2D eigenvalue weighted by molar-refractivity contribution is 6.36. The number of amides is 2. The van der Waals surface area contributed by atoms with E-state index in [1.807, 2.05) is 0 Å². The molecule has 26 heavy (non-hydrogen) atoms. The maximum Gasteiger partial charge on any atom is 0.257 e. The Balaban J connectivity index is 1.58. The molecule has 2 amide bonds. The van der Waals surface area contributed by atoms with Gasteiger partial charge in [0.25, 0.3) is 11.8 Å². The predicted molar refractivity (Wildman–Crippen MR) is 101 cm³/mol. The van der Waals surface area contributed by atoms with Crippen LogP contribution in [-0.4, -0.2) is 41.0 Å². The van der Waals surface area contributed by atoms with Gasteiger partial charge in [-0.15, -0.1) is 0 Å². The number of carbonyl (C=O) groups excluding carboxylic acids is 2. The van der Waals surface area contributed by atoms with Crippen molar-refractivity contribution in [2.45, 2.75) is 18.9 Å². The number of carbonyl (C=O) groups is 2. The van der Waals surface area contributed by atoms with Gasteiger partial charge in [0.05, 0.1) is 16.1 Å². The molecule has 2 aromatic rings. The van der Waals surface area contributed by atoms with Crippen LogP contribution in [0.2, 0.25) is 10.0 Å². The molecule has 0 aromatic heterocycles. The highest BCUT2D eigenvalue weighted by Gasteiger charge is 2.26. The number of phenolic OH excluding ortho intramolecular Hbond substituents is 1. The number of likely N-dealkylation sites (tertiary alicyclic amines) is 1. The molecule has 0 spiro atoms. The average Bonchev–Trinajstić information content (AvgIpc) is 2.62. The maximum atomic E-state index is 12.5. The summed E-state index contributed by atoms with van der Waals surface area (Å²) in [6.45, 7) is 1.01. The van der Waals surface area contributed by atoms with Crippen molar-refractivity contribution in [1.29, 1.82) is 0 Å². The molecule has 136 valence electrons. The predicted octanol–water partition coefficient (Wildman–Crippen LogP) is 3.73. The summed E-state index contributed by atoms with van der Waals surface area (Å²) in [7, 11) is 0. The summed E-state index contributed by atoms with van der Waals surface area (Å²) in [5, 5.41) is 13.6. The van der Waals surface area contributed by atoms with Gasteiger partial charge in [0.15, 0.2) is 0 Å². The molecule has 0 radical (unpaired) electrons. The summed E-state index contributed by atoms with van der Waals surface area (Å²) in [6.07, 6.45) is 1.27. The number of phenols is 1. The molecule has 0 atom stereocenters. The zero-order valence-corrected chi connectivity index (χ0v) is 15.4. The summed E-state index contributed by atoms with van der Waals surface area (Å²) in [6, 6.07) is 11.2. The van der Waals surface area contributed by atoms with E-state index in [2.05, 4.69) is 5.32 Å². The molecule has 1 aliphatic rings. The topological polar surface area (TPSA) is 69.6 Å². The second-order valence-electron chi connectivity index (χ2n) is 6.18. The number of halogens is 2. The van der Waals surface area contributed by atoms with E-state index < -0.39 is 0 Å². The van der Waals surface area contributed by atoms with E-state index in [0.29, 0.717) is 47.1 Å². The standard InChI is InChI=1S/C19H18Cl2N2O3/c20-12-5-6-14(16(21)11-12)18(25)22-13-7-9-23(10-8-13)19(26)15-3-1-2-4-17(15)24/h1-6,11,13,24H,7-10H2,(H,22,25). The third kappa shape index (κ3) is 4.11. The minimum absolute atomic E-state index is 0.0229. The Morgan fingerprint density at radius 3 is 2.38 bits per heavy atom. The normalized spacial score (nSPS) is 14.9. The zero-order valence-electron chi connectivity index (χ0n) is 13.9. The fourth-order valence-electron chi connectivity index (χ4n) is 2.99. The first-order chi connectivity index (χ1) is 12.5. The summed E-state index contributed by atoms with van der Waals surface area (Å²) in [4.78, 5) is 26.6. The second-order valence-corrected chi connectivity index (χ2v) is 7.02. The molecule has 2 N–H and O–H groups in total. The molecule has 2 aromatic carbocycles. The molecule has 0 saturated carbocycles. The molecule has 1 aliphatic heterocycles. The van der Waals surface area contributed by atoms with Gasteiger partial charge in [-0.25, -0.2) is 0 Å². The van der Waals surface area contributed by atoms with Gasteiger partial charge < -0.3 is 15.3 Å². The van der Waals surface area contributed by atoms with E-state index in [1.165, 1.54) is 12.1 Å². The highest BCUT2D eigenvalue weighted by atomic mass is 35.5. The highest BCUT2D eigenvalue weighted by Crippen LogP contribution is 2.23. The molecule has 5 nitrogen and oxygen atoms in total. The molecular formula is C19H18Cl2N2O3. The van der Waals surface area contributed by atoms with Gasteiger partial charge >= 0.3 is 0 Å². The van der Waals surface area contributed by atoms with Crippen LogP contribution in [-0.2, 0) is 0 Å². The lowest BCUT2D eigenvalue weighted by molar-refractivity contribution is 0.0695. The van der Waals surface area contributed by atoms with Gasteiger partial charge in [0.2, 0.25) is 0 Å². The van der Waals surface area contributed by atoms with E-state index in [1.54, 1.807) is 35.2 Å². The molecule has 1 saturated heterocycles. The molecule has 7 heteroatoms. The smallest absolute Gasteiger partial charge is 0.257 e. The molecule has 3 rings (SSSR count). The van der Waals surface area contributed by atoms with Crippen LogP contribution in [0.15, 0.2) is 42.5 Å². The largest absolute Gasteiger partial charge is 0.507 e. The van der Waals surface area contributed by atoms with Crippen molar-refractivity contribution >= 4 is 35.0 Å². The van der Waals surface area contributed by atoms with Crippen molar-refractivity contribution in [2.75, 3.05) is 13.1 Å². The maximum absolute atomic E-state index is 12.5. The van der Waals surface area contributed by atoms with Crippen molar-refractivity contribution < 1.29 is 14.7 Å². The minimum atomic E-state index is -0.253. The van der Waals surface area contributed by atoms with Crippen LogP contribution in [0.4, 0.5) is 0 Å². The Bertz CT molecular complexity index is 833. The van der Waals surface area contributed by atoms with E-state index in [-0.39, 0.29) is 23.6 Å². The van der Waals surface area contributed by atoms with E-state index in [4.69, 9.17) is 23.2 Å². The van der Waals surface area contributed by atoms with E-state index in [0.717, 1.165) is 0 Å². The number of nitrogens with one attached hydrogen (secondary N) is 1. The van der Waals surface area contributed by atoms with Crippen LogP contribution in [0.1, 0.15) is 33.6 Å². The first-order valence-corrected chi connectivity index (χ1v) is 9.04. The van der Waals surface area contributed by atoms with E-state index >= 15 is 0 Å². The number of hydrogen-bond donors (Lipinski definition) is 2. The Hall–Kier alpha value is -2.24. The molecule has 1 fully saturated rings. The number of benzene rings is 2. The molecule has 1 heterocycles. The van der Waals surface area contributed by atoms with Crippen LogP contribution in [0.5, 0.6) is 5.75 Å². The monoisotopic (exact) mass is 392 g/mol. The minimum Gasteiger partial charge on any atom is -0.507 e. The summed E-state index contributed by atoms with van der Waals surface area (Å²) < 4.78 is 0. The van der Waals surface area contributed by atoms with Crippen molar-refractivity contribution in [1.82, 2.24) is 10.2 Å². The fourth-order valence-corrected chi connectivity index (χ4v) is 3.48. The van der Waals surface area contributed by atoms with Crippen LogP contribution in [0.25, 0.3) is 0 Å². The molecule has 0 unspecified atom stereocenters. The first-order valence-electron chi connectivity index (χ1n) is 8.29. The third-order valence-electron chi connectivity index (χ3n) is 4.43. The Kier molecular flexibility index (Phi) is 5.69. The number of aromatic hydroxyl groups is 1.